The molecule has 3 N–H and O–H groups in total. The zero-order chi connectivity index (χ0) is 22.4. The normalized spacial score (nSPS) is 21.7. The number of carbonyl (C=O) groups is 3. The van der Waals surface area contributed by atoms with Crippen LogP contribution in [-0.4, -0.2) is 84.7 Å². The van der Waals surface area contributed by atoms with E-state index in [9.17, 15) is 14.4 Å². The SMILES string of the molecule is CC(=O)NC(CC(F)N1CCC(C(N)=O)(N2CCOCC2)CC1)C(=O)c1ccccc1. The molecule has 2 aliphatic rings. The molecule has 31 heavy (non-hydrogen) atoms. The minimum atomic E-state index is -1.43. The van der Waals surface area contributed by atoms with Gasteiger partial charge in [0, 0.05) is 45.1 Å². The van der Waals surface area contributed by atoms with Crippen LogP contribution in [-0.2, 0) is 14.3 Å². The smallest absolute Gasteiger partial charge is 0.238 e. The topological polar surface area (TPSA) is 105 Å². The van der Waals surface area contributed by atoms with Crippen LogP contribution in [0, 0.1) is 0 Å². The van der Waals surface area contributed by atoms with Gasteiger partial charge in [-0.3, -0.25) is 24.2 Å². The van der Waals surface area contributed by atoms with E-state index >= 15 is 4.39 Å². The maximum atomic E-state index is 15.2. The van der Waals surface area contributed by atoms with Crippen LogP contribution in [0.15, 0.2) is 30.3 Å². The number of carbonyl (C=O) groups excluding carboxylic acids is 3. The van der Waals surface area contributed by atoms with Crippen LogP contribution >= 0.6 is 0 Å². The number of nitrogens with one attached hydrogen (secondary N) is 1. The summed E-state index contributed by atoms with van der Waals surface area (Å²) >= 11 is 0. The lowest BCUT2D eigenvalue weighted by molar-refractivity contribution is -0.140. The first-order chi connectivity index (χ1) is 14.8. The van der Waals surface area contributed by atoms with Crippen molar-refractivity contribution in [3.8, 4) is 0 Å². The quantitative estimate of drug-likeness (QED) is 0.461. The minimum Gasteiger partial charge on any atom is -0.379 e. The van der Waals surface area contributed by atoms with E-state index in [4.69, 9.17) is 10.5 Å². The molecule has 9 heteroatoms. The molecule has 0 aliphatic carbocycles. The van der Waals surface area contributed by atoms with Gasteiger partial charge in [0.1, 0.15) is 5.54 Å². The number of halogens is 1. The number of ether oxygens (including phenoxy) is 1. The Hall–Kier alpha value is -2.36. The van der Waals surface area contributed by atoms with E-state index in [1.165, 1.54) is 6.92 Å². The molecule has 0 bridgehead atoms. The van der Waals surface area contributed by atoms with Crippen LogP contribution in [0.5, 0.6) is 0 Å². The standard InChI is InChI=1S/C22H31FN4O4/c1-16(28)25-18(20(29)17-5-3-2-4-6-17)15-19(23)26-9-7-22(8-10-26,21(24)30)27-11-13-31-14-12-27/h2-6,18-19H,7-15H2,1H3,(H2,24,30)(H,25,28). The van der Waals surface area contributed by atoms with E-state index in [0.717, 1.165) is 0 Å². The number of hydrogen-bond donors (Lipinski definition) is 2. The molecule has 170 valence electrons. The fourth-order valence-corrected chi connectivity index (χ4v) is 4.51. The Morgan fingerprint density at radius 3 is 2.29 bits per heavy atom. The number of hydrogen-bond acceptors (Lipinski definition) is 6. The fourth-order valence-electron chi connectivity index (χ4n) is 4.51. The largest absolute Gasteiger partial charge is 0.379 e. The summed E-state index contributed by atoms with van der Waals surface area (Å²) in [6, 6.07) is 7.57. The molecule has 2 heterocycles. The number of nitrogens with zero attached hydrogens (tertiary/aromatic N) is 2. The average Bonchev–Trinajstić information content (AvgIpc) is 2.79. The number of piperidine rings is 1. The van der Waals surface area contributed by atoms with Gasteiger partial charge < -0.3 is 15.8 Å². The van der Waals surface area contributed by atoms with Crippen molar-refractivity contribution in [3.63, 3.8) is 0 Å². The minimum absolute atomic E-state index is 0.158. The first kappa shape index (κ1) is 23.3. The van der Waals surface area contributed by atoms with E-state index in [1.54, 1.807) is 35.2 Å². The van der Waals surface area contributed by atoms with Crippen LogP contribution in [0.4, 0.5) is 4.39 Å². The molecule has 8 nitrogen and oxygen atoms in total. The third kappa shape index (κ3) is 5.47. The van der Waals surface area contributed by atoms with Gasteiger partial charge in [-0.15, -0.1) is 0 Å². The third-order valence-electron chi connectivity index (χ3n) is 6.28. The van der Waals surface area contributed by atoms with Crippen molar-refractivity contribution in [3.05, 3.63) is 35.9 Å². The molecule has 3 rings (SSSR count). The van der Waals surface area contributed by atoms with Crippen molar-refractivity contribution in [2.75, 3.05) is 39.4 Å². The summed E-state index contributed by atoms with van der Waals surface area (Å²) in [7, 11) is 0. The number of primary amides is 1. The lowest BCUT2D eigenvalue weighted by Crippen LogP contribution is -2.65. The Bertz CT molecular complexity index is 777. The van der Waals surface area contributed by atoms with Crippen LogP contribution in [0.25, 0.3) is 0 Å². The summed E-state index contributed by atoms with van der Waals surface area (Å²) < 4.78 is 20.6. The van der Waals surface area contributed by atoms with E-state index in [2.05, 4.69) is 10.2 Å². The second-order valence-corrected chi connectivity index (χ2v) is 8.18. The first-order valence-corrected chi connectivity index (χ1v) is 10.7. The van der Waals surface area contributed by atoms with Gasteiger partial charge in [0.2, 0.25) is 11.8 Å². The van der Waals surface area contributed by atoms with Gasteiger partial charge in [-0.25, -0.2) is 4.39 Å². The number of ketones is 1. The maximum Gasteiger partial charge on any atom is 0.238 e. The van der Waals surface area contributed by atoms with Crippen LogP contribution in [0.3, 0.4) is 0 Å². The Morgan fingerprint density at radius 2 is 1.74 bits per heavy atom. The zero-order valence-corrected chi connectivity index (χ0v) is 17.9. The summed E-state index contributed by atoms with van der Waals surface area (Å²) in [6.07, 6.45) is -0.755. The summed E-state index contributed by atoms with van der Waals surface area (Å²) in [5.41, 5.74) is 5.40. The monoisotopic (exact) mass is 434 g/mol. The Balaban J connectivity index is 1.65. The molecule has 2 fully saturated rings. The highest BCUT2D eigenvalue weighted by Crippen LogP contribution is 2.31. The molecule has 0 radical (unpaired) electrons. The van der Waals surface area contributed by atoms with Crippen LogP contribution in [0.1, 0.15) is 36.5 Å². The van der Waals surface area contributed by atoms with Gasteiger partial charge in [0.05, 0.1) is 19.3 Å². The van der Waals surface area contributed by atoms with E-state index in [1.807, 2.05) is 0 Å². The molecule has 0 aromatic heterocycles. The number of nitrogens with two attached hydrogens (primary N) is 1. The highest BCUT2D eigenvalue weighted by Gasteiger charge is 2.46. The van der Waals surface area contributed by atoms with Crippen molar-refractivity contribution in [2.24, 2.45) is 5.73 Å². The number of morpholine rings is 1. The summed E-state index contributed by atoms with van der Waals surface area (Å²) in [5.74, 6) is -1.10. The number of rotatable bonds is 8. The number of Topliss-reactive ketones (excluding diaryl/α,β-unsaturated/α-hetero) is 1. The Labute approximate surface area is 181 Å². The summed E-state index contributed by atoms with van der Waals surface area (Å²) in [5, 5.41) is 2.58. The maximum absolute atomic E-state index is 15.2. The van der Waals surface area contributed by atoms with Gasteiger partial charge in [-0.2, -0.15) is 0 Å². The summed E-state index contributed by atoms with van der Waals surface area (Å²) in [4.78, 5) is 40.4. The molecule has 2 aliphatic heterocycles. The highest BCUT2D eigenvalue weighted by molar-refractivity contribution is 6.01. The first-order valence-electron chi connectivity index (χ1n) is 10.7. The third-order valence-corrected chi connectivity index (χ3v) is 6.28. The van der Waals surface area contributed by atoms with Gasteiger partial charge >= 0.3 is 0 Å². The Morgan fingerprint density at radius 1 is 1.13 bits per heavy atom. The van der Waals surface area contributed by atoms with E-state index < -0.39 is 17.9 Å². The lowest BCUT2D eigenvalue weighted by Gasteiger charge is -2.48. The average molecular weight is 435 g/mol. The van der Waals surface area contributed by atoms with Gasteiger partial charge in [0.25, 0.3) is 0 Å². The molecule has 2 unspecified atom stereocenters. The number of amides is 2. The second kappa shape index (κ2) is 10.3. The lowest BCUT2D eigenvalue weighted by atomic mass is 9.84. The molecular weight excluding hydrogens is 403 g/mol. The van der Waals surface area contributed by atoms with Gasteiger partial charge in [-0.05, 0) is 12.8 Å². The van der Waals surface area contributed by atoms with E-state index in [-0.39, 0.29) is 24.0 Å². The van der Waals surface area contributed by atoms with Crippen LogP contribution < -0.4 is 11.1 Å². The summed E-state index contributed by atoms with van der Waals surface area (Å²) in [6.45, 7) is 4.33. The van der Waals surface area contributed by atoms with Crippen molar-refractivity contribution in [2.45, 2.75) is 44.1 Å². The van der Waals surface area contributed by atoms with Crippen molar-refractivity contribution in [1.82, 2.24) is 15.1 Å². The number of alkyl halides is 1. The second-order valence-electron chi connectivity index (χ2n) is 8.18. The highest BCUT2D eigenvalue weighted by atomic mass is 19.1. The molecule has 0 spiro atoms. The molecule has 2 saturated heterocycles. The predicted octanol–water partition coefficient (Wildman–Crippen LogP) is 0.712. The molecule has 2 atom stereocenters. The molecule has 1 aromatic rings. The zero-order valence-electron chi connectivity index (χ0n) is 17.9. The van der Waals surface area contributed by atoms with E-state index in [0.29, 0.717) is 57.8 Å². The predicted molar refractivity (Wildman–Crippen MR) is 113 cm³/mol. The van der Waals surface area contributed by atoms with Gasteiger partial charge in [-0.1, -0.05) is 30.3 Å². The van der Waals surface area contributed by atoms with Crippen molar-refractivity contribution < 1.29 is 23.5 Å². The Kier molecular flexibility index (Phi) is 7.74. The van der Waals surface area contributed by atoms with Crippen LogP contribution in [0.2, 0.25) is 0 Å². The number of benzene rings is 1. The van der Waals surface area contributed by atoms with Gasteiger partial charge in [0.15, 0.2) is 12.1 Å². The van der Waals surface area contributed by atoms with Crippen molar-refractivity contribution in [1.29, 1.82) is 0 Å². The molecule has 0 saturated carbocycles. The molecular formula is C22H31FN4O4. The number of likely N-dealkylation sites (tertiary alicyclic amines) is 1. The van der Waals surface area contributed by atoms with Crippen molar-refractivity contribution >= 4 is 17.6 Å². The fraction of sp³-hybridized carbons (Fsp3) is 0.591. The molecule has 2 amide bonds. The molecule has 1 aromatic carbocycles.